The molecule has 2 saturated carbocycles. The van der Waals surface area contributed by atoms with Crippen LogP contribution in [0.25, 0.3) is 0 Å². The Labute approximate surface area is 145 Å². The van der Waals surface area contributed by atoms with E-state index in [1.54, 1.807) is 13.3 Å². The molecule has 0 heterocycles. The van der Waals surface area contributed by atoms with Gasteiger partial charge in [0, 0.05) is 11.6 Å². The topological polar surface area (TPSA) is 68.3 Å². The zero-order valence-electron chi connectivity index (χ0n) is 14.7. The Morgan fingerprint density at radius 3 is 2.67 bits per heavy atom. The lowest BCUT2D eigenvalue weighted by Gasteiger charge is -2.38. The van der Waals surface area contributed by atoms with Crippen LogP contribution in [0.3, 0.4) is 0 Å². The second kappa shape index (κ2) is 7.56. The SMILES string of the molecule is COc1ccc(C2(C=N)CCCC(CN)C2)cc1OC1CCCC1. The fourth-order valence-electron chi connectivity index (χ4n) is 4.37. The van der Waals surface area contributed by atoms with Crippen molar-refractivity contribution in [2.45, 2.75) is 62.9 Å². The molecular formula is C20H30N2O2. The third kappa shape index (κ3) is 3.44. The first-order valence-corrected chi connectivity index (χ1v) is 9.27. The van der Waals surface area contributed by atoms with Crippen LogP contribution in [0.1, 0.15) is 56.9 Å². The Kier molecular flexibility index (Phi) is 5.44. The van der Waals surface area contributed by atoms with Gasteiger partial charge >= 0.3 is 0 Å². The molecule has 2 aliphatic rings. The molecule has 1 aromatic carbocycles. The maximum Gasteiger partial charge on any atom is 0.161 e. The van der Waals surface area contributed by atoms with Crippen LogP contribution in [0.2, 0.25) is 0 Å². The molecule has 0 bridgehead atoms. The first kappa shape index (κ1) is 17.3. The lowest BCUT2D eigenvalue weighted by atomic mass is 9.66. The van der Waals surface area contributed by atoms with E-state index in [0.717, 1.165) is 43.6 Å². The van der Waals surface area contributed by atoms with Gasteiger partial charge in [0.1, 0.15) is 0 Å². The van der Waals surface area contributed by atoms with Gasteiger partial charge in [-0.25, -0.2) is 0 Å². The van der Waals surface area contributed by atoms with Crippen molar-refractivity contribution < 1.29 is 9.47 Å². The molecule has 0 aliphatic heterocycles. The minimum Gasteiger partial charge on any atom is -0.493 e. The number of ether oxygens (including phenoxy) is 2. The van der Waals surface area contributed by atoms with E-state index in [4.69, 9.17) is 20.6 Å². The van der Waals surface area contributed by atoms with Crippen molar-refractivity contribution in [3.05, 3.63) is 23.8 Å². The molecule has 3 N–H and O–H groups in total. The van der Waals surface area contributed by atoms with Gasteiger partial charge in [-0.15, -0.1) is 0 Å². The molecule has 4 heteroatoms. The highest BCUT2D eigenvalue weighted by Crippen LogP contribution is 2.43. The molecule has 2 atom stereocenters. The van der Waals surface area contributed by atoms with Gasteiger partial charge in [-0.3, -0.25) is 0 Å². The summed E-state index contributed by atoms with van der Waals surface area (Å²) in [5, 5.41) is 8.10. The van der Waals surface area contributed by atoms with Gasteiger partial charge < -0.3 is 20.6 Å². The van der Waals surface area contributed by atoms with E-state index in [2.05, 4.69) is 12.1 Å². The molecule has 0 saturated heterocycles. The molecule has 4 nitrogen and oxygen atoms in total. The van der Waals surface area contributed by atoms with Gasteiger partial charge in [-0.2, -0.15) is 0 Å². The van der Waals surface area contributed by atoms with Gasteiger partial charge in [0.2, 0.25) is 0 Å². The summed E-state index contributed by atoms with van der Waals surface area (Å²) in [6.07, 6.45) is 10.9. The van der Waals surface area contributed by atoms with Crippen LogP contribution < -0.4 is 15.2 Å². The minimum atomic E-state index is -0.206. The van der Waals surface area contributed by atoms with Crippen LogP contribution in [0.15, 0.2) is 18.2 Å². The average Bonchev–Trinajstić information content (AvgIpc) is 3.14. The molecule has 2 aliphatic carbocycles. The monoisotopic (exact) mass is 330 g/mol. The quantitative estimate of drug-likeness (QED) is 0.773. The molecule has 2 fully saturated rings. The smallest absolute Gasteiger partial charge is 0.161 e. The number of nitrogens with two attached hydrogens (primary N) is 1. The Morgan fingerprint density at radius 1 is 1.21 bits per heavy atom. The number of hydrogen-bond acceptors (Lipinski definition) is 4. The second-order valence-corrected chi connectivity index (χ2v) is 7.39. The first-order valence-electron chi connectivity index (χ1n) is 9.27. The number of hydrogen-bond donors (Lipinski definition) is 2. The van der Waals surface area contributed by atoms with Gasteiger partial charge in [0.05, 0.1) is 13.2 Å². The van der Waals surface area contributed by atoms with Crippen molar-refractivity contribution in [1.82, 2.24) is 0 Å². The van der Waals surface area contributed by atoms with Crippen LogP contribution >= 0.6 is 0 Å². The first-order chi connectivity index (χ1) is 11.7. The predicted molar refractivity (Wildman–Crippen MR) is 97.4 cm³/mol. The summed E-state index contributed by atoms with van der Waals surface area (Å²) in [6.45, 7) is 0.706. The van der Waals surface area contributed by atoms with Gasteiger partial charge in [0.25, 0.3) is 0 Å². The lowest BCUT2D eigenvalue weighted by molar-refractivity contribution is 0.200. The van der Waals surface area contributed by atoms with Crippen molar-refractivity contribution in [2.75, 3.05) is 13.7 Å². The van der Waals surface area contributed by atoms with E-state index < -0.39 is 0 Å². The largest absolute Gasteiger partial charge is 0.493 e. The van der Waals surface area contributed by atoms with Crippen molar-refractivity contribution >= 4 is 6.21 Å². The maximum absolute atomic E-state index is 8.10. The van der Waals surface area contributed by atoms with Crippen LogP contribution in [-0.2, 0) is 5.41 Å². The van der Waals surface area contributed by atoms with Gasteiger partial charge in [-0.1, -0.05) is 12.5 Å². The van der Waals surface area contributed by atoms with Gasteiger partial charge in [0.15, 0.2) is 11.5 Å². The molecule has 132 valence electrons. The number of methoxy groups -OCH3 is 1. The summed E-state index contributed by atoms with van der Waals surface area (Å²) in [5.74, 6) is 2.12. The van der Waals surface area contributed by atoms with E-state index in [9.17, 15) is 0 Å². The third-order valence-electron chi connectivity index (χ3n) is 5.83. The molecule has 0 radical (unpaired) electrons. The molecule has 2 unspecified atom stereocenters. The maximum atomic E-state index is 8.10. The molecule has 3 rings (SSSR count). The number of benzene rings is 1. The standard InChI is InChI=1S/C20H30N2O2/c1-23-18-9-8-16(11-19(18)24-17-6-2-3-7-17)20(14-22)10-4-5-15(12-20)13-21/h8-9,11,14-15,17,22H,2-7,10,12-13,21H2,1H3. The fourth-order valence-corrected chi connectivity index (χ4v) is 4.37. The minimum absolute atomic E-state index is 0.206. The normalized spacial score (nSPS) is 27.8. The third-order valence-corrected chi connectivity index (χ3v) is 5.83. The van der Waals surface area contributed by atoms with Crippen molar-refractivity contribution in [2.24, 2.45) is 11.7 Å². The average molecular weight is 330 g/mol. The summed E-state index contributed by atoms with van der Waals surface area (Å²) in [4.78, 5) is 0. The van der Waals surface area contributed by atoms with Crippen molar-refractivity contribution in [3.63, 3.8) is 0 Å². The number of nitrogens with one attached hydrogen (secondary N) is 1. The zero-order valence-corrected chi connectivity index (χ0v) is 14.7. The van der Waals surface area contributed by atoms with E-state index in [1.807, 2.05) is 6.07 Å². The molecule has 24 heavy (non-hydrogen) atoms. The van der Waals surface area contributed by atoms with E-state index in [1.165, 1.54) is 24.8 Å². The Balaban J connectivity index is 1.89. The Hall–Kier alpha value is -1.55. The zero-order chi connectivity index (χ0) is 17.0. The molecular weight excluding hydrogens is 300 g/mol. The molecule has 1 aromatic rings. The molecule has 0 amide bonds. The van der Waals surface area contributed by atoms with Gasteiger partial charge in [-0.05, 0) is 75.1 Å². The van der Waals surface area contributed by atoms with E-state index in [0.29, 0.717) is 18.6 Å². The fraction of sp³-hybridized carbons (Fsp3) is 0.650. The summed E-state index contributed by atoms with van der Waals surface area (Å²) < 4.78 is 11.8. The van der Waals surface area contributed by atoms with E-state index >= 15 is 0 Å². The summed E-state index contributed by atoms with van der Waals surface area (Å²) in [7, 11) is 1.69. The molecule has 0 aromatic heterocycles. The highest BCUT2D eigenvalue weighted by Gasteiger charge is 2.36. The summed E-state index contributed by atoms with van der Waals surface area (Å²) in [6, 6.07) is 6.21. The van der Waals surface area contributed by atoms with Crippen molar-refractivity contribution in [1.29, 1.82) is 5.41 Å². The number of rotatable bonds is 6. The van der Waals surface area contributed by atoms with Crippen LogP contribution in [0.5, 0.6) is 11.5 Å². The van der Waals surface area contributed by atoms with Crippen LogP contribution in [0.4, 0.5) is 0 Å². The Bertz CT molecular complexity index is 569. The highest BCUT2D eigenvalue weighted by molar-refractivity contribution is 5.72. The second-order valence-electron chi connectivity index (χ2n) is 7.39. The highest BCUT2D eigenvalue weighted by atomic mass is 16.5. The molecule has 0 spiro atoms. The van der Waals surface area contributed by atoms with Crippen molar-refractivity contribution in [3.8, 4) is 11.5 Å². The summed E-state index contributed by atoms with van der Waals surface area (Å²) in [5.41, 5.74) is 6.89. The predicted octanol–water partition coefficient (Wildman–Crippen LogP) is 4.05. The van der Waals surface area contributed by atoms with Crippen LogP contribution in [0, 0.1) is 11.3 Å². The summed E-state index contributed by atoms with van der Waals surface area (Å²) >= 11 is 0. The van der Waals surface area contributed by atoms with Crippen LogP contribution in [-0.4, -0.2) is 26.0 Å². The van der Waals surface area contributed by atoms with E-state index in [-0.39, 0.29) is 5.41 Å². The Morgan fingerprint density at radius 2 is 2.00 bits per heavy atom. The lowest BCUT2D eigenvalue weighted by Crippen LogP contribution is -2.36.